The molecule has 0 radical (unpaired) electrons. The van der Waals surface area contributed by atoms with Crippen LogP contribution in [0.1, 0.15) is 12.0 Å². The molecule has 0 saturated carbocycles. The summed E-state index contributed by atoms with van der Waals surface area (Å²) in [5.41, 5.74) is 2.89. The minimum Gasteiger partial charge on any atom is -0.368 e. The topological polar surface area (TPSA) is 101 Å². The molecule has 0 aliphatic heterocycles. The van der Waals surface area contributed by atoms with E-state index in [4.69, 9.17) is 11.6 Å². The number of aromatic nitrogens is 2. The van der Waals surface area contributed by atoms with Crippen molar-refractivity contribution in [1.82, 2.24) is 10.2 Å². The summed E-state index contributed by atoms with van der Waals surface area (Å²) < 4.78 is 24.9. The summed E-state index contributed by atoms with van der Waals surface area (Å²) in [6.45, 7) is 0.465. The lowest BCUT2D eigenvalue weighted by Crippen LogP contribution is -2.11. The average molecular weight is 445 g/mol. The molecule has 9 heteroatoms. The van der Waals surface area contributed by atoms with Gasteiger partial charge in [-0.1, -0.05) is 35.9 Å². The number of carbonyl (C=O) groups excluding carboxylic acids is 1. The lowest BCUT2D eigenvalue weighted by molar-refractivity contribution is -0.118. The normalized spacial score (nSPS) is 11.1. The first-order valence-electron chi connectivity index (χ1n) is 9.20. The molecular formula is C21H21ClN4O3S. The van der Waals surface area contributed by atoms with E-state index >= 15 is 0 Å². The predicted molar refractivity (Wildman–Crippen MR) is 119 cm³/mol. The molecule has 0 bridgehead atoms. The van der Waals surface area contributed by atoms with Crippen LogP contribution in [0.4, 0.5) is 11.5 Å². The van der Waals surface area contributed by atoms with Gasteiger partial charge in [-0.15, -0.1) is 10.2 Å². The third kappa shape index (κ3) is 6.82. The van der Waals surface area contributed by atoms with Crippen LogP contribution in [0, 0.1) is 0 Å². The van der Waals surface area contributed by atoms with Gasteiger partial charge in [0.25, 0.3) is 0 Å². The molecule has 0 atom stereocenters. The van der Waals surface area contributed by atoms with Crippen LogP contribution >= 0.6 is 11.6 Å². The summed E-state index contributed by atoms with van der Waals surface area (Å²) in [6.07, 6.45) is 1.85. The Kier molecular flexibility index (Phi) is 7.02. The molecule has 2 N–H and O–H groups in total. The van der Waals surface area contributed by atoms with Crippen molar-refractivity contribution in [2.45, 2.75) is 12.8 Å². The van der Waals surface area contributed by atoms with E-state index in [2.05, 4.69) is 20.2 Å². The van der Waals surface area contributed by atoms with Crippen molar-refractivity contribution < 1.29 is 13.2 Å². The molecule has 3 aromatic rings. The van der Waals surface area contributed by atoms with Gasteiger partial charge in [0, 0.05) is 35.7 Å². The molecule has 1 aromatic heterocycles. The molecular weight excluding hydrogens is 424 g/mol. The fraction of sp³-hybridized carbons (Fsp3) is 0.190. The second-order valence-corrected chi connectivity index (χ2v) is 8.96. The van der Waals surface area contributed by atoms with Crippen LogP contribution in [-0.4, -0.2) is 37.2 Å². The maximum absolute atomic E-state index is 12.1. The van der Waals surface area contributed by atoms with Gasteiger partial charge in [0.2, 0.25) is 10.0 Å². The minimum absolute atomic E-state index is 0.122. The van der Waals surface area contributed by atoms with Gasteiger partial charge in [0.1, 0.15) is 11.6 Å². The Morgan fingerprint density at radius 3 is 2.27 bits per heavy atom. The molecule has 156 valence electrons. The number of ketones is 1. The number of hydrogen-bond acceptors (Lipinski definition) is 6. The Morgan fingerprint density at radius 2 is 1.67 bits per heavy atom. The smallest absolute Gasteiger partial charge is 0.229 e. The van der Waals surface area contributed by atoms with E-state index in [1.807, 2.05) is 18.2 Å². The Balaban J connectivity index is 1.49. The van der Waals surface area contributed by atoms with Gasteiger partial charge in [-0.05, 0) is 42.0 Å². The standard InChI is InChI=1S/C21H21ClN4O3S/c1-30(28,29)26-18-8-4-16(5-9-18)20-10-11-21(25-24-20)23-13-12-19(27)14-15-2-6-17(22)7-3-15/h2-11,26H,12-14H2,1H3,(H,23,25). The number of carbonyl (C=O) groups is 1. The van der Waals surface area contributed by atoms with Crippen molar-refractivity contribution in [3.05, 3.63) is 71.2 Å². The number of nitrogens with one attached hydrogen (secondary N) is 2. The van der Waals surface area contributed by atoms with Crippen molar-refractivity contribution >= 4 is 38.9 Å². The molecule has 7 nitrogen and oxygen atoms in total. The van der Waals surface area contributed by atoms with E-state index in [-0.39, 0.29) is 5.78 Å². The van der Waals surface area contributed by atoms with Gasteiger partial charge >= 0.3 is 0 Å². The number of sulfonamides is 1. The maximum Gasteiger partial charge on any atom is 0.229 e. The SMILES string of the molecule is CS(=O)(=O)Nc1ccc(-c2ccc(NCCC(=O)Cc3ccc(Cl)cc3)nn2)cc1. The largest absolute Gasteiger partial charge is 0.368 e. The van der Waals surface area contributed by atoms with Gasteiger partial charge < -0.3 is 5.32 Å². The van der Waals surface area contributed by atoms with Crippen LogP contribution in [0.5, 0.6) is 0 Å². The van der Waals surface area contributed by atoms with Crippen molar-refractivity contribution in [3.63, 3.8) is 0 Å². The van der Waals surface area contributed by atoms with Crippen molar-refractivity contribution in [3.8, 4) is 11.3 Å². The molecule has 3 rings (SSSR count). The summed E-state index contributed by atoms with van der Waals surface area (Å²) in [4.78, 5) is 12.1. The zero-order chi connectivity index (χ0) is 21.6. The molecule has 2 aromatic carbocycles. The summed E-state index contributed by atoms with van der Waals surface area (Å²) in [6, 6.07) is 17.7. The molecule has 30 heavy (non-hydrogen) atoms. The minimum atomic E-state index is -3.31. The van der Waals surface area contributed by atoms with Crippen molar-refractivity contribution in [1.29, 1.82) is 0 Å². The number of Topliss-reactive ketones (excluding diaryl/α,β-unsaturated/α-hetero) is 1. The summed E-state index contributed by atoms with van der Waals surface area (Å²) in [5, 5.41) is 12.0. The number of anilines is 2. The Morgan fingerprint density at radius 1 is 0.967 bits per heavy atom. The number of benzene rings is 2. The highest BCUT2D eigenvalue weighted by Gasteiger charge is 2.06. The lowest BCUT2D eigenvalue weighted by Gasteiger charge is -2.07. The van der Waals surface area contributed by atoms with Gasteiger partial charge in [0.05, 0.1) is 11.9 Å². The zero-order valence-electron chi connectivity index (χ0n) is 16.3. The molecule has 0 aliphatic carbocycles. The Bertz CT molecular complexity index is 1100. The average Bonchev–Trinajstić information content (AvgIpc) is 2.70. The summed E-state index contributed by atoms with van der Waals surface area (Å²) in [5.74, 6) is 0.700. The van der Waals surface area contributed by atoms with Crippen LogP contribution in [0.2, 0.25) is 5.02 Å². The second kappa shape index (κ2) is 9.69. The first-order valence-corrected chi connectivity index (χ1v) is 11.5. The van der Waals surface area contributed by atoms with E-state index in [9.17, 15) is 13.2 Å². The molecule has 1 heterocycles. The maximum atomic E-state index is 12.1. The number of hydrogen-bond donors (Lipinski definition) is 2. The van der Waals surface area contributed by atoms with Crippen molar-refractivity contribution in [2.75, 3.05) is 22.8 Å². The summed E-state index contributed by atoms with van der Waals surface area (Å²) in [7, 11) is -3.31. The third-order valence-corrected chi connectivity index (χ3v) is 5.03. The van der Waals surface area contributed by atoms with E-state index in [1.54, 1.807) is 42.5 Å². The van der Waals surface area contributed by atoms with Gasteiger partial charge in [0.15, 0.2) is 0 Å². The molecule has 0 fully saturated rings. The third-order valence-electron chi connectivity index (χ3n) is 4.17. The highest BCUT2D eigenvalue weighted by molar-refractivity contribution is 7.92. The number of nitrogens with zero attached hydrogens (tertiary/aromatic N) is 2. The fourth-order valence-corrected chi connectivity index (χ4v) is 3.44. The molecule has 0 aliphatic rings. The second-order valence-electron chi connectivity index (χ2n) is 6.77. The van der Waals surface area contributed by atoms with E-state index in [0.717, 1.165) is 17.4 Å². The number of rotatable bonds is 9. The molecule has 0 amide bonds. The van der Waals surface area contributed by atoms with E-state index < -0.39 is 10.0 Å². The monoisotopic (exact) mass is 444 g/mol. The van der Waals surface area contributed by atoms with Crippen LogP contribution < -0.4 is 10.0 Å². The first kappa shape index (κ1) is 21.7. The Labute approximate surface area is 180 Å². The van der Waals surface area contributed by atoms with Gasteiger partial charge in [-0.2, -0.15) is 0 Å². The van der Waals surface area contributed by atoms with Gasteiger partial charge in [-0.3, -0.25) is 9.52 Å². The molecule has 0 unspecified atom stereocenters. The van der Waals surface area contributed by atoms with E-state index in [0.29, 0.717) is 41.6 Å². The Hall–Kier alpha value is -2.97. The fourth-order valence-electron chi connectivity index (χ4n) is 2.75. The van der Waals surface area contributed by atoms with Crippen LogP contribution in [0.25, 0.3) is 11.3 Å². The predicted octanol–water partition coefficient (Wildman–Crippen LogP) is 3.78. The quantitative estimate of drug-likeness (QED) is 0.520. The van der Waals surface area contributed by atoms with Crippen LogP contribution in [0.15, 0.2) is 60.7 Å². The lowest BCUT2D eigenvalue weighted by atomic mass is 10.1. The zero-order valence-corrected chi connectivity index (χ0v) is 17.9. The highest BCUT2D eigenvalue weighted by Crippen LogP contribution is 2.20. The highest BCUT2D eigenvalue weighted by atomic mass is 35.5. The molecule has 0 saturated heterocycles. The van der Waals surface area contributed by atoms with Crippen LogP contribution in [-0.2, 0) is 21.2 Å². The van der Waals surface area contributed by atoms with E-state index in [1.165, 1.54) is 0 Å². The molecule has 0 spiro atoms. The number of halogens is 1. The first-order chi connectivity index (χ1) is 14.3. The van der Waals surface area contributed by atoms with Crippen LogP contribution in [0.3, 0.4) is 0 Å². The van der Waals surface area contributed by atoms with Gasteiger partial charge in [-0.25, -0.2) is 8.42 Å². The summed E-state index contributed by atoms with van der Waals surface area (Å²) >= 11 is 5.85. The van der Waals surface area contributed by atoms with Crippen molar-refractivity contribution in [2.24, 2.45) is 0 Å².